The van der Waals surface area contributed by atoms with E-state index < -0.39 is 6.04 Å². The van der Waals surface area contributed by atoms with E-state index in [1.54, 1.807) is 24.3 Å². The van der Waals surface area contributed by atoms with Crippen LogP contribution in [-0.2, 0) is 4.79 Å². The van der Waals surface area contributed by atoms with Crippen LogP contribution in [0.3, 0.4) is 0 Å². The highest BCUT2D eigenvalue weighted by Crippen LogP contribution is 2.29. The standard InChI is InChI=1S/C16H15NO3/c1-10-5-4-8-13(14(18)9-10)17-15(19)11-6-2-3-7-12(11)16(17)20/h2-3,6-7,13H,1,4-5,8-9H2/t13-/m0/s1. The number of amides is 2. The van der Waals surface area contributed by atoms with E-state index in [0.717, 1.165) is 23.3 Å². The predicted octanol–water partition coefficient (Wildman–Crippen LogP) is 2.35. The topological polar surface area (TPSA) is 54.5 Å². The second kappa shape index (κ2) is 4.71. The van der Waals surface area contributed by atoms with Crippen LogP contribution in [0.1, 0.15) is 46.4 Å². The maximum Gasteiger partial charge on any atom is 0.262 e. The molecule has 1 aromatic carbocycles. The van der Waals surface area contributed by atoms with Crippen LogP contribution in [0.2, 0.25) is 0 Å². The van der Waals surface area contributed by atoms with Crippen molar-refractivity contribution in [1.82, 2.24) is 4.90 Å². The van der Waals surface area contributed by atoms with Gasteiger partial charge in [-0.05, 0) is 31.4 Å². The molecule has 0 aromatic heterocycles. The zero-order valence-corrected chi connectivity index (χ0v) is 11.1. The van der Waals surface area contributed by atoms with Gasteiger partial charge in [0.2, 0.25) is 0 Å². The SMILES string of the molecule is C=C1CCC[C@H](N2C(=O)c3ccccc3C2=O)C(=O)C1. The van der Waals surface area contributed by atoms with Crippen molar-refractivity contribution in [2.45, 2.75) is 31.7 Å². The summed E-state index contributed by atoms with van der Waals surface area (Å²) >= 11 is 0. The van der Waals surface area contributed by atoms with Crippen LogP contribution in [0.25, 0.3) is 0 Å². The van der Waals surface area contributed by atoms with E-state index in [9.17, 15) is 14.4 Å². The Morgan fingerprint density at radius 2 is 1.65 bits per heavy atom. The van der Waals surface area contributed by atoms with Gasteiger partial charge in [0.05, 0.1) is 17.2 Å². The number of hydrogen-bond acceptors (Lipinski definition) is 3. The van der Waals surface area contributed by atoms with Gasteiger partial charge in [-0.25, -0.2) is 0 Å². The monoisotopic (exact) mass is 269 g/mol. The van der Waals surface area contributed by atoms with E-state index in [-0.39, 0.29) is 24.0 Å². The number of allylic oxidation sites excluding steroid dienone is 1. The van der Waals surface area contributed by atoms with Crippen LogP contribution in [0.15, 0.2) is 36.4 Å². The zero-order chi connectivity index (χ0) is 14.3. The number of hydrogen-bond donors (Lipinski definition) is 0. The molecule has 0 spiro atoms. The van der Waals surface area contributed by atoms with Crippen LogP contribution in [0.4, 0.5) is 0 Å². The lowest BCUT2D eigenvalue weighted by atomic mass is 10.1. The lowest BCUT2D eigenvalue weighted by Crippen LogP contribution is -2.44. The number of imide groups is 1. The van der Waals surface area contributed by atoms with Crippen LogP contribution in [-0.4, -0.2) is 28.5 Å². The van der Waals surface area contributed by atoms with Crippen molar-refractivity contribution >= 4 is 17.6 Å². The number of carbonyl (C=O) groups excluding carboxylic acids is 3. The maximum atomic E-state index is 12.4. The van der Waals surface area contributed by atoms with Gasteiger partial charge in [0.1, 0.15) is 0 Å². The molecule has 1 fully saturated rings. The Hall–Kier alpha value is -2.23. The van der Waals surface area contributed by atoms with Crippen LogP contribution in [0.5, 0.6) is 0 Å². The van der Waals surface area contributed by atoms with Gasteiger partial charge in [0.15, 0.2) is 5.78 Å². The molecule has 2 aliphatic rings. The normalized spacial score (nSPS) is 23.0. The molecular formula is C16H15NO3. The second-order valence-electron chi connectivity index (χ2n) is 5.33. The van der Waals surface area contributed by atoms with Gasteiger partial charge in [-0.2, -0.15) is 0 Å². The Kier molecular flexibility index (Phi) is 3.01. The summed E-state index contributed by atoms with van der Waals surface area (Å²) in [6, 6.07) is 6.08. The molecule has 0 radical (unpaired) electrons. The molecule has 1 saturated carbocycles. The van der Waals surface area contributed by atoms with Crippen molar-refractivity contribution < 1.29 is 14.4 Å². The van der Waals surface area contributed by atoms with E-state index >= 15 is 0 Å². The number of Topliss-reactive ketones (excluding diaryl/α,β-unsaturated/α-hetero) is 1. The van der Waals surface area contributed by atoms with Crippen LogP contribution < -0.4 is 0 Å². The Balaban J connectivity index is 1.96. The lowest BCUT2D eigenvalue weighted by Gasteiger charge is -2.23. The lowest BCUT2D eigenvalue weighted by molar-refractivity contribution is -0.122. The van der Waals surface area contributed by atoms with E-state index in [4.69, 9.17) is 0 Å². The van der Waals surface area contributed by atoms with E-state index in [1.165, 1.54) is 0 Å². The van der Waals surface area contributed by atoms with Crippen molar-refractivity contribution in [3.63, 3.8) is 0 Å². The molecule has 0 saturated heterocycles. The first-order valence-corrected chi connectivity index (χ1v) is 6.76. The number of nitrogens with zero attached hydrogens (tertiary/aromatic N) is 1. The van der Waals surface area contributed by atoms with E-state index in [0.29, 0.717) is 17.5 Å². The first-order valence-electron chi connectivity index (χ1n) is 6.76. The van der Waals surface area contributed by atoms with Crippen LogP contribution >= 0.6 is 0 Å². The van der Waals surface area contributed by atoms with Gasteiger partial charge in [0.25, 0.3) is 11.8 Å². The Labute approximate surface area is 117 Å². The molecule has 4 heteroatoms. The van der Waals surface area contributed by atoms with Gasteiger partial charge < -0.3 is 0 Å². The molecule has 1 aliphatic carbocycles. The Bertz CT molecular complexity index is 597. The van der Waals surface area contributed by atoms with E-state index in [2.05, 4.69) is 6.58 Å². The van der Waals surface area contributed by atoms with Crippen molar-refractivity contribution in [1.29, 1.82) is 0 Å². The number of rotatable bonds is 1. The number of ketones is 1. The minimum absolute atomic E-state index is 0.0815. The Morgan fingerprint density at radius 1 is 1.05 bits per heavy atom. The molecule has 1 aromatic rings. The molecule has 102 valence electrons. The summed E-state index contributed by atoms with van der Waals surface area (Å²) in [5, 5.41) is 0. The highest BCUT2D eigenvalue weighted by Gasteiger charge is 2.42. The van der Waals surface area contributed by atoms with Gasteiger partial charge in [-0.3, -0.25) is 19.3 Å². The summed E-state index contributed by atoms with van der Waals surface area (Å²) in [5.41, 5.74) is 1.68. The average Bonchev–Trinajstić information content (AvgIpc) is 2.57. The van der Waals surface area contributed by atoms with Gasteiger partial charge >= 0.3 is 0 Å². The van der Waals surface area contributed by atoms with Crippen molar-refractivity contribution in [3.8, 4) is 0 Å². The number of benzene rings is 1. The fourth-order valence-electron chi connectivity index (χ4n) is 2.92. The summed E-state index contributed by atoms with van der Waals surface area (Å²) in [4.78, 5) is 38.1. The minimum Gasteiger partial charge on any atom is -0.297 e. The maximum absolute atomic E-state index is 12.4. The minimum atomic E-state index is -0.637. The summed E-state index contributed by atoms with van der Waals surface area (Å²) in [5.74, 6) is -0.782. The molecule has 1 atom stereocenters. The Morgan fingerprint density at radius 3 is 2.25 bits per heavy atom. The smallest absolute Gasteiger partial charge is 0.262 e. The van der Waals surface area contributed by atoms with Crippen molar-refractivity contribution in [2.24, 2.45) is 0 Å². The molecule has 2 amide bonds. The molecule has 1 heterocycles. The quantitative estimate of drug-likeness (QED) is 0.447. The first kappa shape index (κ1) is 12.8. The molecule has 4 nitrogen and oxygen atoms in total. The molecule has 0 N–H and O–H groups in total. The second-order valence-corrected chi connectivity index (χ2v) is 5.33. The highest BCUT2D eigenvalue weighted by atomic mass is 16.2. The summed E-state index contributed by atoms with van der Waals surface area (Å²) < 4.78 is 0. The summed E-state index contributed by atoms with van der Waals surface area (Å²) in [6.45, 7) is 3.85. The number of carbonyl (C=O) groups is 3. The zero-order valence-electron chi connectivity index (χ0n) is 11.1. The summed E-state index contributed by atoms with van der Waals surface area (Å²) in [7, 11) is 0. The van der Waals surface area contributed by atoms with Crippen LogP contribution in [0, 0.1) is 0 Å². The summed E-state index contributed by atoms with van der Waals surface area (Å²) in [6.07, 6.45) is 2.36. The van der Waals surface area contributed by atoms with Gasteiger partial charge in [0, 0.05) is 6.42 Å². The number of fused-ring (bicyclic) bond motifs is 1. The van der Waals surface area contributed by atoms with Crippen molar-refractivity contribution in [2.75, 3.05) is 0 Å². The van der Waals surface area contributed by atoms with Crippen molar-refractivity contribution in [3.05, 3.63) is 47.5 Å². The fourth-order valence-corrected chi connectivity index (χ4v) is 2.92. The molecule has 0 unspecified atom stereocenters. The molecular weight excluding hydrogens is 254 g/mol. The van der Waals surface area contributed by atoms with Gasteiger partial charge in [-0.1, -0.05) is 24.3 Å². The molecule has 3 rings (SSSR count). The van der Waals surface area contributed by atoms with E-state index in [1.807, 2.05) is 0 Å². The van der Waals surface area contributed by atoms with Gasteiger partial charge in [-0.15, -0.1) is 0 Å². The third-order valence-corrected chi connectivity index (χ3v) is 3.94. The third-order valence-electron chi connectivity index (χ3n) is 3.94. The molecule has 20 heavy (non-hydrogen) atoms. The molecule has 1 aliphatic heterocycles. The first-order chi connectivity index (χ1) is 9.59. The highest BCUT2D eigenvalue weighted by molar-refractivity contribution is 6.23. The molecule has 0 bridgehead atoms. The largest absolute Gasteiger partial charge is 0.297 e. The predicted molar refractivity (Wildman–Crippen MR) is 73.3 cm³/mol. The average molecular weight is 269 g/mol. The third kappa shape index (κ3) is 1.88. The fraction of sp³-hybridized carbons (Fsp3) is 0.312.